The van der Waals surface area contributed by atoms with Crippen molar-refractivity contribution in [1.82, 2.24) is 24.9 Å². The van der Waals surface area contributed by atoms with Gasteiger partial charge in [-0.3, -0.25) is 5.32 Å². The van der Waals surface area contributed by atoms with Crippen LogP contribution in [0.5, 0.6) is 0 Å². The molecule has 2 aliphatic heterocycles. The van der Waals surface area contributed by atoms with E-state index in [1.165, 1.54) is 0 Å². The second-order valence-electron chi connectivity index (χ2n) is 8.68. The number of hydrogen-bond donors (Lipinski definition) is 5. The lowest BCUT2D eigenvalue weighted by Crippen LogP contribution is -2.54. The molecular formula is C19H32N12. The van der Waals surface area contributed by atoms with Crippen molar-refractivity contribution in [3.05, 3.63) is 17.5 Å². The van der Waals surface area contributed by atoms with Crippen molar-refractivity contribution < 1.29 is 0 Å². The molecule has 4 rings (SSSR count). The molecule has 0 bridgehead atoms. The van der Waals surface area contributed by atoms with Crippen LogP contribution < -0.4 is 38.1 Å². The summed E-state index contributed by atoms with van der Waals surface area (Å²) < 4.78 is 0. The summed E-state index contributed by atoms with van der Waals surface area (Å²) in [5.74, 6) is 1.80. The smallest absolute Gasteiger partial charge is 0.236 e. The second kappa shape index (κ2) is 8.83. The summed E-state index contributed by atoms with van der Waals surface area (Å²) in [4.78, 5) is 26.8. The van der Waals surface area contributed by atoms with Crippen molar-refractivity contribution in [2.24, 2.45) is 22.9 Å². The van der Waals surface area contributed by atoms with Gasteiger partial charge in [0.2, 0.25) is 23.8 Å². The highest BCUT2D eigenvalue weighted by atomic mass is 15.4. The molecule has 4 heterocycles. The Morgan fingerprint density at radius 1 is 0.677 bits per heavy atom. The van der Waals surface area contributed by atoms with Crippen LogP contribution in [0.3, 0.4) is 0 Å². The topological polar surface area (TPSA) is 187 Å². The molecule has 9 N–H and O–H groups in total. The van der Waals surface area contributed by atoms with Crippen LogP contribution in [-0.4, -0.2) is 75.3 Å². The molecule has 0 aromatic carbocycles. The number of nitrogens with one attached hydrogen (secondary N) is 1. The fraction of sp³-hybridized carbons (Fsp3) is 0.632. The van der Waals surface area contributed by atoms with E-state index in [1.54, 1.807) is 0 Å². The van der Waals surface area contributed by atoms with Crippen molar-refractivity contribution in [2.45, 2.75) is 50.9 Å². The van der Waals surface area contributed by atoms with Crippen LogP contribution in [0.4, 0.5) is 23.8 Å². The van der Waals surface area contributed by atoms with Gasteiger partial charge in [-0.25, -0.2) is 9.97 Å². The Labute approximate surface area is 181 Å². The molecule has 2 aliphatic rings. The average molecular weight is 429 g/mol. The van der Waals surface area contributed by atoms with Crippen molar-refractivity contribution in [3.8, 4) is 0 Å². The predicted molar refractivity (Wildman–Crippen MR) is 120 cm³/mol. The van der Waals surface area contributed by atoms with Gasteiger partial charge in [0.05, 0.1) is 0 Å². The molecule has 12 nitrogen and oxygen atoms in total. The summed E-state index contributed by atoms with van der Waals surface area (Å²) in [6, 6.07) is 1.74. The highest BCUT2D eigenvalue weighted by molar-refractivity contribution is 5.51. The molecule has 2 aromatic heterocycles. The Balaban J connectivity index is 1.69. The first-order valence-electron chi connectivity index (χ1n) is 10.6. The molecule has 2 saturated heterocycles. The van der Waals surface area contributed by atoms with Gasteiger partial charge in [0.25, 0.3) is 0 Å². The minimum absolute atomic E-state index is 0.0417. The quantitative estimate of drug-likeness (QED) is 0.390. The maximum Gasteiger partial charge on any atom is 0.236 e. The number of piperidine rings is 2. The maximum absolute atomic E-state index is 6.19. The number of anilines is 4. The van der Waals surface area contributed by atoms with Gasteiger partial charge >= 0.3 is 0 Å². The van der Waals surface area contributed by atoms with Gasteiger partial charge in [0.15, 0.2) is 0 Å². The monoisotopic (exact) mass is 428 g/mol. The fourth-order valence-electron chi connectivity index (χ4n) is 4.26. The highest BCUT2D eigenvalue weighted by Gasteiger charge is 2.28. The van der Waals surface area contributed by atoms with Crippen LogP contribution in [-0.2, 0) is 0 Å². The molecule has 0 spiro atoms. The molecule has 4 atom stereocenters. The number of aromatic nitrogens is 5. The third kappa shape index (κ3) is 5.34. The molecule has 0 saturated carbocycles. The Morgan fingerprint density at radius 2 is 1.06 bits per heavy atom. The van der Waals surface area contributed by atoms with Gasteiger partial charge in [-0.05, 0) is 32.8 Å². The van der Waals surface area contributed by atoms with Crippen LogP contribution in [0.25, 0.3) is 0 Å². The number of aryl methyl sites for hydroxylation is 2. The largest absolute Gasteiger partial charge is 0.338 e. The first kappa shape index (κ1) is 21.6. The van der Waals surface area contributed by atoms with E-state index in [-0.39, 0.29) is 24.2 Å². The van der Waals surface area contributed by atoms with Crippen molar-refractivity contribution in [1.29, 1.82) is 0 Å². The number of rotatable bonds is 4. The van der Waals surface area contributed by atoms with Crippen LogP contribution in [0, 0.1) is 13.8 Å². The summed E-state index contributed by atoms with van der Waals surface area (Å²) in [6.45, 7) is 6.31. The molecule has 0 radical (unpaired) electrons. The lowest BCUT2D eigenvalue weighted by molar-refractivity contribution is 0.441. The molecule has 0 unspecified atom stereocenters. The molecule has 31 heavy (non-hydrogen) atoms. The fourth-order valence-corrected chi connectivity index (χ4v) is 4.26. The molecule has 12 heteroatoms. The van der Waals surface area contributed by atoms with E-state index in [4.69, 9.17) is 27.9 Å². The van der Waals surface area contributed by atoms with Crippen LogP contribution in [0.15, 0.2) is 6.07 Å². The average Bonchev–Trinajstić information content (AvgIpc) is 2.65. The zero-order valence-corrected chi connectivity index (χ0v) is 18.1. The van der Waals surface area contributed by atoms with Gasteiger partial charge < -0.3 is 32.7 Å². The Kier molecular flexibility index (Phi) is 6.14. The molecular weight excluding hydrogens is 396 g/mol. The summed E-state index contributed by atoms with van der Waals surface area (Å²) >= 11 is 0. The molecule has 168 valence electrons. The van der Waals surface area contributed by atoms with E-state index < -0.39 is 0 Å². The predicted octanol–water partition coefficient (Wildman–Crippen LogP) is -1.25. The van der Waals surface area contributed by atoms with E-state index in [0.29, 0.717) is 50.0 Å². The van der Waals surface area contributed by atoms with Crippen LogP contribution >= 0.6 is 0 Å². The third-order valence-corrected chi connectivity index (χ3v) is 5.41. The Bertz CT molecular complexity index is 836. The van der Waals surface area contributed by atoms with Gasteiger partial charge in [-0.1, -0.05) is 0 Å². The standard InChI is InChI=1S/C19H32N12/c1-10-3-11(2)25-16(24-10)26-17-27-18(30-6-12(20)4-13(21)7-30)29-19(28-17)31-8-14(22)5-15(23)9-31/h3,12-15H,4-9,20-23H2,1-2H3,(H,24,25,26,27,28,29)/t12-,13+,14-,15+. The van der Waals surface area contributed by atoms with Crippen molar-refractivity contribution in [2.75, 3.05) is 41.3 Å². The molecule has 2 fully saturated rings. The Morgan fingerprint density at radius 3 is 1.48 bits per heavy atom. The first-order valence-corrected chi connectivity index (χ1v) is 10.6. The number of nitrogens with zero attached hydrogens (tertiary/aromatic N) is 7. The van der Waals surface area contributed by atoms with E-state index in [9.17, 15) is 0 Å². The van der Waals surface area contributed by atoms with Gasteiger partial charge in [-0.2, -0.15) is 15.0 Å². The summed E-state index contributed by atoms with van der Waals surface area (Å²) in [6.07, 6.45) is 1.54. The van der Waals surface area contributed by atoms with E-state index in [2.05, 4.69) is 25.3 Å². The van der Waals surface area contributed by atoms with Crippen molar-refractivity contribution in [3.63, 3.8) is 0 Å². The van der Waals surface area contributed by atoms with E-state index >= 15 is 0 Å². The van der Waals surface area contributed by atoms with Gasteiger partial charge in [0.1, 0.15) is 0 Å². The number of hydrogen-bond acceptors (Lipinski definition) is 12. The third-order valence-electron chi connectivity index (χ3n) is 5.41. The minimum atomic E-state index is -0.0417. The molecule has 2 aromatic rings. The molecule has 0 amide bonds. The molecule has 0 aliphatic carbocycles. The van der Waals surface area contributed by atoms with Gasteiger partial charge in [0, 0.05) is 61.7 Å². The van der Waals surface area contributed by atoms with Crippen molar-refractivity contribution >= 4 is 23.8 Å². The lowest BCUT2D eigenvalue weighted by atomic mass is 10.0. The highest BCUT2D eigenvalue weighted by Crippen LogP contribution is 2.23. The summed E-state index contributed by atoms with van der Waals surface area (Å²) in [7, 11) is 0. The zero-order valence-electron chi connectivity index (χ0n) is 18.1. The van der Waals surface area contributed by atoms with E-state index in [1.807, 2.05) is 29.7 Å². The van der Waals surface area contributed by atoms with Crippen LogP contribution in [0.1, 0.15) is 24.2 Å². The SMILES string of the molecule is Cc1cc(C)nc(Nc2nc(N3C[C@H](N)C[C@H](N)C3)nc(N3C[C@H](N)C[C@H](N)C3)n2)n1. The normalized spacial score (nSPS) is 26.8. The second-order valence-corrected chi connectivity index (χ2v) is 8.68. The Hall–Kier alpha value is -2.67. The maximum atomic E-state index is 6.19. The zero-order chi connectivity index (χ0) is 22.1. The summed E-state index contributed by atoms with van der Waals surface area (Å²) in [5.41, 5.74) is 26.5. The van der Waals surface area contributed by atoms with E-state index in [0.717, 1.165) is 24.2 Å². The minimum Gasteiger partial charge on any atom is -0.338 e. The summed E-state index contributed by atoms with van der Waals surface area (Å²) in [5, 5.41) is 3.13. The van der Waals surface area contributed by atoms with Crippen LogP contribution in [0.2, 0.25) is 0 Å². The first-order chi connectivity index (χ1) is 14.7. The van der Waals surface area contributed by atoms with Gasteiger partial charge in [-0.15, -0.1) is 0 Å². The lowest BCUT2D eigenvalue weighted by Gasteiger charge is -2.36. The number of nitrogens with two attached hydrogens (primary N) is 4.